The van der Waals surface area contributed by atoms with Gasteiger partial charge in [0.05, 0.1) is 6.61 Å². The molecule has 0 rings (SSSR count). The van der Waals surface area contributed by atoms with E-state index in [4.69, 9.17) is 10.8 Å². The Labute approximate surface area is 55.8 Å². The third-order valence-corrected chi connectivity index (χ3v) is 0.650. The van der Waals surface area contributed by atoms with E-state index in [0.717, 1.165) is 0 Å². The zero-order chi connectivity index (χ0) is 5.70. The minimum absolute atomic E-state index is 0. The van der Waals surface area contributed by atoms with Crippen LogP contribution in [0.1, 0.15) is 6.92 Å². The normalized spacial score (nSPS) is 13.4. The molecule has 0 heterocycles. The van der Waals surface area contributed by atoms with Crippen molar-refractivity contribution in [3.63, 3.8) is 0 Å². The van der Waals surface area contributed by atoms with Crippen LogP contribution in [0.3, 0.4) is 0 Å². The third kappa shape index (κ3) is 5.95. The summed E-state index contributed by atoms with van der Waals surface area (Å²) in [5, 5.41) is 8.29. The number of aliphatic hydroxyl groups is 1. The number of nitrogens with two attached hydrogens (primary N) is 1. The van der Waals surface area contributed by atoms with Crippen molar-refractivity contribution in [2.24, 2.45) is 5.73 Å². The highest BCUT2D eigenvalue weighted by molar-refractivity contribution is 5.85. The average molecular weight is 138 g/mol. The molecule has 0 amide bonds. The topological polar surface area (TPSA) is 46.2 Å². The van der Waals surface area contributed by atoms with E-state index in [1.165, 1.54) is 0 Å². The van der Waals surface area contributed by atoms with Gasteiger partial charge in [-0.15, -0.1) is 12.4 Å². The van der Waals surface area contributed by atoms with E-state index < -0.39 is 0 Å². The molecule has 50 valence electrons. The van der Waals surface area contributed by atoms with E-state index >= 15 is 0 Å². The number of allylic oxidation sites excluding steroid dienone is 1. The summed E-state index contributed by atoms with van der Waals surface area (Å²) in [6, 6.07) is -0.176. The van der Waals surface area contributed by atoms with Crippen LogP contribution < -0.4 is 5.73 Å². The van der Waals surface area contributed by atoms with Crippen molar-refractivity contribution < 1.29 is 5.11 Å². The molecule has 0 aliphatic rings. The Morgan fingerprint density at radius 3 is 2.38 bits per heavy atom. The molecular formula is C5H12ClNO. The number of aliphatic hydroxyl groups excluding tert-OH is 1. The van der Waals surface area contributed by atoms with Gasteiger partial charge >= 0.3 is 0 Å². The number of halogens is 1. The second-order valence-corrected chi connectivity index (χ2v) is 1.37. The molecule has 0 saturated heterocycles. The first-order valence-corrected chi connectivity index (χ1v) is 2.30. The zero-order valence-corrected chi connectivity index (χ0v) is 5.69. The third-order valence-electron chi connectivity index (χ3n) is 0.650. The Morgan fingerprint density at radius 1 is 1.75 bits per heavy atom. The molecule has 0 aromatic rings. The van der Waals surface area contributed by atoms with Crippen molar-refractivity contribution in [2.45, 2.75) is 13.0 Å². The molecule has 0 aliphatic heterocycles. The monoisotopic (exact) mass is 137 g/mol. The molecular weight excluding hydrogens is 126 g/mol. The van der Waals surface area contributed by atoms with Gasteiger partial charge in [-0.2, -0.15) is 0 Å². The van der Waals surface area contributed by atoms with Gasteiger partial charge in [-0.05, 0) is 6.92 Å². The smallest absolute Gasteiger partial charge is 0.0618 e. The molecule has 0 spiro atoms. The van der Waals surface area contributed by atoms with Crippen LogP contribution >= 0.6 is 12.4 Å². The summed E-state index contributed by atoms with van der Waals surface area (Å²) in [6.07, 6.45) is 3.57. The lowest BCUT2D eigenvalue weighted by atomic mass is 10.3. The van der Waals surface area contributed by atoms with Gasteiger partial charge in [0.1, 0.15) is 0 Å². The maximum absolute atomic E-state index is 8.29. The van der Waals surface area contributed by atoms with Gasteiger partial charge in [0.15, 0.2) is 0 Å². The van der Waals surface area contributed by atoms with Crippen LogP contribution in [0, 0.1) is 0 Å². The van der Waals surface area contributed by atoms with Gasteiger partial charge in [0.25, 0.3) is 0 Å². The Morgan fingerprint density at radius 2 is 2.25 bits per heavy atom. The van der Waals surface area contributed by atoms with Crippen LogP contribution in [0.25, 0.3) is 0 Å². The first-order chi connectivity index (χ1) is 3.31. The minimum Gasteiger partial charge on any atom is -0.394 e. The van der Waals surface area contributed by atoms with Crippen LogP contribution in [-0.4, -0.2) is 17.8 Å². The highest BCUT2D eigenvalue weighted by Gasteiger charge is 1.87. The molecule has 3 N–H and O–H groups in total. The van der Waals surface area contributed by atoms with Crippen LogP contribution in [-0.2, 0) is 0 Å². The summed E-state index contributed by atoms with van der Waals surface area (Å²) >= 11 is 0. The predicted molar refractivity (Wildman–Crippen MR) is 37.1 cm³/mol. The van der Waals surface area contributed by atoms with Crippen molar-refractivity contribution in [3.05, 3.63) is 12.2 Å². The average Bonchev–Trinajstić information content (AvgIpc) is 1.68. The molecule has 0 aromatic heterocycles. The van der Waals surface area contributed by atoms with Gasteiger partial charge in [-0.1, -0.05) is 12.2 Å². The molecule has 0 fully saturated rings. The van der Waals surface area contributed by atoms with E-state index in [1.54, 1.807) is 6.08 Å². The lowest BCUT2D eigenvalue weighted by Gasteiger charge is -1.95. The summed E-state index contributed by atoms with van der Waals surface area (Å²) < 4.78 is 0. The molecule has 3 heteroatoms. The van der Waals surface area contributed by atoms with Gasteiger partial charge in [-0.3, -0.25) is 0 Å². The number of hydrogen-bond donors (Lipinski definition) is 2. The molecule has 8 heavy (non-hydrogen) atoms. The molecule has 0 aromatic carbocycles. The van der Waals surface area contributed by atoms with Gasteiger partial charge in [0, 0.05) is 6.04 Å². The van der Waals surface area contributed by atoms with E-state index in [1.807, 2.05) is 13.0 Å². The quantitative estimate of drug-likeness (QED) is 0.538. The van der Waals surface area contributed by atoms with Gasteiger partial charge in [0.2, 0.25) is 0 Å². The van der Waals surface area contributed by atoms with Crippen molar-refractivity contribution in [1.82, 2.24) is 0 Å². The Kier molecular flexibility index (Phi) is 9.42. The fraction of sp³-hybridized carbons (Fsp3) is 0.600. The molecule has 0 bridgehead atoms. The molecule has 2 nitrogen and oxygen atoms in total. The molecule has 0 radical (unpaired) electrons. The Bertz CT molecular complexity index is 65.4. The number of hydrogen-bond acceptors (Lipinski definition) is 2. The summed E-state index contributed by atoms with van der Waals surface area (Å²) in [5.41, 5.74) is 5.25. The maximum Gasteiger partial charge on any atom is 0.0618 e. The van der Waals surface area contributed by atoms with E-state index in [9.17, 15) is 0 Å². The second kappa shape index (κ2) is 6.95. The van der Waals surface area contributed by atoms with Crippen molar-refractivity contribution >= 4 is 12.4 Å². The highest BCUT2D eigenvalue weighted by atomic mass is 35.5. The van der Waals surface area contributed by atoms with E-state index in [2.05, 4.69) is 0 Å². The van der Waals surface area contributed by atoms with Crippen molar-refractivity contribution in [2.75, 3.05) is 6.61 Å². The lowest BCUT2D eigenvalue weighted by molar-refractivity contribution is 0.284. The number of rotatable bonds is 2. The Hall–Kier alpha value is -0.0500. The van der Waals surface area contributed by atoms with Crippen LogP contribution in [0.15, 0.2) is 12.2 Å². The SMILES string of the molecule is C/C=C/[C@@H](N)CO.Cl. The summed E-state index contributed by atoms with van der Waals surface area (Å²) in [4.78, 5) is 0. The Balaban J connectivity index is 0. The van der Waals surface area contributed by atoms with Gasteiger partial charge in [-0.25, -0.2) is 0 Å². The van der Waals surface area contributed by atoms with E-state index in [0.29, 0.717) is 0 Å². The highest BCUT2D eigenvalue weighted by Crippen LogP contribution is 1.76. The van der Waals surface area contributed by atoms with Crippen molar-refractivity contribution in [1.29, 1.82) is 0 Å². The summed E-state index contributed by atoms with van der Waals surface area (Å²) in [6.45, 7) is 1.90. The first-order valence-electron chi connectivity index (χ1n) is 2.30. The van der Waals surface area contributed by atoms with Crippen LogP contribution in [0.5, 0.6) is 0 Å². The lowest BCUT2D eigenvalue weighted by Crippen LogP contribution is -2.20. The zero-order valence-electron chi connectivity index (χ0n) is 4.87. The van der Waals surface area contributed by atoms with Crippen LogP contribution in [0.2, 0.25) is 0 Å². The maximum atomic E-state index is 8.29. The van der Waals surface area contributed by atoms with Crippen LogP contribution in [0.4, 0.5) is 0 Å². The summed E-state index contributed by atoms with van der Waals surface area (Å²) in [7, 11) is 0. The van der Waals surface area contributed by atoms with Gasteiger partial charge < -0.3 is 10.8 Å². The molecule has 0 saturated carbocycles. The molecule has 0 aliphatic carbocycles. The van der Waals surface area contributed by atoms with Crippen molar-refractivity contribution in [3.8, 4) is 0 Å². The molecule has 1 atom stereocenters. The second-order valence-electron chi connectivity index (χ2n) is 1.37. The standard InChI is InChI=1S/C5H11NO.ClH/c1-2-3-5(6)4-7;/h2-3,5,7H,4,6H2,1H3;1H/b3-2+;/t5-;/m1./s1. The first kappa shape index (κ1) is 10.8. The predicted octanol–water partition coefficient (Wildman–Crippen LogP) is 0.304. The largest absolute Gasteiger partial charge is 0.394 e. The molecule has 0 unspecified atom stereocenters. The minimum atomic E-state index is -0.176. The summed E-state index contributed by atoms with van der Waals surface area (Å²) in [5.74, 6) is 0. The van der Waals surface area contributed by atoms with E-state index in [-0.39, 0.29) is 25.1 Å². The fourth-order valence-electron chi connectivity index (χ4n) is 0.308. The fourth-order valence-corrected chi connectivity index (χ4v) is 0.308.